The minimum absolute atomic E-state index is 0.399. The minimum Gasteiger partial charge on any atom is -0.305 e. The average molecular weight is 247 g/mol. The lowest BCUT2D eigenvalue weighted by Crippen LogP contribution is -2.11. The molecule has 0 unspecified atom stereocenters. The van der Waals surface area contributed by atoms with Crippen LogP contribution in [0.25, 0.3) is 22.3 Å². The third kappa shape index (κ3) is 1.70. The number of hydrogen-bond donors (Lipinski definition) is 2. The van der Waals surface area contributed by atoms with Crippen LogP contribution in [0.4, 0.5) is 0 Å². The van der Waals surface area contributed by atoms with Gasteiger partial charge in [-0.25, -0.2) is 4.79 Å². The van der Waals surface area contributed by atoms with Crippen molar-refractivity contribution >= 4 is 22.5 Å². The highest BCUT2D eigenvalue weighted by molar-refractivity contribution is 6.31. The Kier molecular flexibility index (Phi) is 2.19. The van der Waals surface area contributed by atoms with Gasteiger partial charge in [-0.1, -0.05) is 11.6 Å². The maximum absolute atomic E-state index is 11.5. The number of benzene rings is 1. The molecular formula is C11H7ClN4O. The lowest BCUT2D eigenvalue weighted by Gasteiger charge is -2.03. The molecule has 17 heavy (non-hydrogen) atoms. The van der Waals surface area contributed by atoms with Crippen LogP contribution in [0.1, 0.15) is 0 Å². The van der Waals surface area contributed by atoms with Crippen molar-refractivity contribution in [2.24, 2.45) is 0 Å². The highest BCUT2D eigenvalue weighted by atomic mass is 35.5. The van der Waals surface area contributed by atoms with Crippen LogP contribution < -0.4 is 5.69 Å². The van der Waals surface area contributed by atoms with Gasteiger partial charge in [0.1, 0.15) is 5.69 Å². The molecular weight excluding hydrogens is 240 g/mol. The first kappa shape index (κ1) is 10.0. The summed E-state index contributed by atoms with van der Waals surface area (Å²) in [5, 5.41) is 8.00. The second-order valence-electron chi connectivity index (χ2n) is 3.55. The van der Waals surface area contributed by atoms with E-state index in [0.717, 1.165) is 5.39 Å². The summed E-state index contributed by atoms with van der Waals surface area (Å²) in [5.41, 5.74) is 1.52. The van der Waals surface area contributed by atoms with Gasteiger partial charge in [-0.3, -0.25) is 5.10 Å². The zero-order chi connectivity index (χ0) is 11.8. The lowest BCUT2D eigenvalue weighted by molar-refractivity contribution is 1.07. The molecule has 0 fully saturated rings. The molecule has 84 valence electrons. The van der Waals surface area contributed by atoms with Crippen molar-refractivity contribution < 1.29 is 0 Å². The standard InChI is InChI=1S/C11H7ClN4O/c12-6-1-2-8-7(5-6)10(15-11(17)14-8)9-3-4-13-16-9/h1-5H,(H,13,16)(H,14,15,17). The highest BCUT2D eigenvalue weighted by Crippen LogP contribution is 2.24. The minimum atomic E-state index is -0.399. The molecule has 1 aromatic carbocycles. The summed E-state index contributed by atoms with van der Waals surface area (Å²) in [7, 11) is 0. The van der Waals surface area contributed by atoms with E-state index in [4.69, 9.17) is 11.6 Å². The molecule has 0 bridgehead atoms. The van der Waals surface area contributed by atoms with Crippen molar-refractivity contribution in [2.75, 3.05) is 0 Å². The predicted octanol–water partition coefficient (Wildman–Crippen LogP) is 1.97. The summed E-state index contributed by atoms with van der Waals surface area (Å²) in [5.74, 6) is 0. The Bertz CT molecular complexity index is 733. The summed E-state index contributed by atoms with van der Waals surface area (Å²) in [4.78, 5) is 18.1. The van der Waals surface area contributed by atoms with E-state index in [1.54, 1.807) is 30.5 Å². The number of nitrogens with zero attached hydrogens (tertiary/aromatic N) is 2. The van der Waals surface area contributed by atoms with Gasteiger partial charge in [-0.05, 0) is 24.3 Å². The van der Waals surface area contributed by atoms with Crippen LogP contribution in [-0.4, -0.2) is 20.2 Å². The van der Waals surface area contributed by atoms with Crippen LogP contribution in [-0.2, 0) is 0 Å². The molecule has 0 saturated carbocycles. The van der Waals surface area contributed by atoms with E-state index >= 15 is 0 Å². The van der Waals surface area contributed by atoms with E-state index in [1.165, 1.54) is 0 Å². The summed E-state index contributed by atoms with van der Waals surface area (Å²) in [6.45, 7) is 0. The molecule has 2 heterocycles. The third-order valence-electron chi connectivity index (χ3n) is 2.45. The van der Waals surface area contributed by atoms with Crippen molar-refractivity contribution in [3.8, 4) is 11.4 Å². The second kappa shape index (κ2) is 3.71. The SMILES string of the molecule is O=c1nc(-c2ccn[nH]2)c2cc(Cl)ccc2[nH]1. The van der Waals surface area contributed by atoms with Crippen LogP contribution in [0, 0.1) is 0 Å². The lowest BCUT2D eigenvalue weighted by atomic mass is 10.1. The monoisotopic (exact) mass is 246 g/mol. The Morgan fingerprint density at radius 3 is 2.88 bits per heavy atom. The smallest absolute Gasteiger partial charge is 0.305 e. The fraction of sp³-hybridized carbons (Fsp3) is 0. The highest BCUT2D eigenvalue weighted by Gasteiger charge is 2.09. The number of aromatic amines is 2. The Morgan fingerprint density at radius 2 is 2.12 bits per heavy atom. The van der Waals surface area contributed by atoms with Gasteiger partial charge in [0, 0.05) is 16.6 Å². The van der Waals surface area contributed by atoms with Crippen molar-refractivity contribution in [3.63, 3.8) is 0 Å². The van der Waals surface area contributed by atoms with Crippen molar-refractivity contribution in [3.05, 3.63) is 46.0 Å². The number of fused-ring (bicyclic) bond motifs is 1. The van der Waals surface area contributed by atoms with Gasteiger partial charge >= 0.3 is 5.69 Å². The zero-order valence-electron chi connectivity index (χ0n) is 8.57. The first-order chi connectivity index (χ1) is 8.24. The Hall–Kier alpha value is -2.14. The number of aromatic nitrogens is 4. The molecule has 6 heteroatoms. The van der Waals surface area contributed by atoms with Crippen LogP contribution in [0.2, 0.25) is 5.02 Å². The van der Waals surface area contributed by atoms with Crippen LogP contribution in [0.5, 0.6) is 0 Å². The number of hydrogen-bond acceptors (Lipinski definition) is 3. The predicted molar refractivity (Wildman–Crippen MR) is 65.0 cm³/mol. The van der Waals surface area contributed by atoms with Gasteiger partial charge in [0.15, 0.2) is 0 Å². The van der Waals surface area contributed by atoms with Crippen LogP contribution in [0.3, 0.4) is 0 Å². The first-order valence-electron chi connectivity index (χ1n) is 4.93. The topological polar surface area (TPSA) is 74.4 Å². The molecule has 0 aliphatic heterocycles. The molecule has 3 rings (SSSR count). The number of nitrogens with one attached hydrogen (secondary N) is 2. The van der Waals surface area contributed by atoms with Gasteiger partial charge in [-0.2, -0.15) is 10.1 Å². The summed E-state index contributed by atoms with van der Waals surface area (Å²) in [6, 6.07) is 6.98. The van der Waals surface area contributed by atoms with E-state index in [9.17, 15) is 4.79 Å². The third-order valence-corrected chi connectivity index (χ3v) is 2.68. The second-order valence-corrected chi connectivity index (χ2v) is 3.99. The Balaban J connectivity index is 2.44. The fourth-order valence-electron chi connectivity index (χ4n) is 1.72. The van der Waals surface area contributed by atoms with Gasteiger partial charge in [-0.15, -0.1) is 0 Å². The molecule has 0 aliphatic carbocycles. The zero-order valence-corrected chi connectivity index (χ0v) is 9.32. The van der Waals surface area contributed by atoms with Gasteiger partial charge in [0.05, 0.1) is 11.2 Å². The van der Waals surface area contributed by atoms with E-state index in [2.05, 4.69) is 20.2 Å². The maximum atomic E-state index is 11.5. The molecule has 0 amide bonds. The largest absolute Gasteiger partial charge is 0.346 e. The average Bonchev–Trinajstić information content (AvgIpc) is 2.82. The molecule has 0 aliphatic rings. The molecule has 0 saturated heterocycles. The van der Waals surface area contributed by atoms with Gasteiger partial charge in [0.2, 0.25) is 0 Å². The first-order valence-corrected chi connectivity index (χ1v) is 5.31. The summed E-state index contributed by atoms with van der Waals surface area (Å²) >= 11 is 5.95. The number of H-pyrrole nitrogens is 2. The van der Waals surface area contributed by atoms with Gasteiger partial charge < -0.3 is 4.98 Å². The molecule has 5 nitrogen and oxygen atoms in total. The quantitative estimate of drug-likeness (QED) is 0.689. The normalized spacial score (nSPS) is 10.9. The molecule has 0 atom stereocenters. The molecule has 2 aromatic heterocycles. The van der Waals surface area contributed by atoms with Crippen LogP contribution >= 0.6 is 11.6 Å². The van der Waals surface area contributed by atoms with Crippen molar-refractivity contribution in [1.29, 1.82) is 0 Å². The van der Waals surface area contributed by atoms with E-state index in [1.807, 2.05) is 0 Å². The van der Waals surface area contributed by atoms with Crippen molar-refractivity contribution in [1.82, 2.24) is 20.2 Å². The summed E-state index contributed by atoms with van der Waals surface area (Å²) in [6.07, 6.45) is 1.61. The molecule has 0 radical (unpaired) electrons. The Labute approximate surface area is 100 Å². The summed E-state index contributed by atoms with van der Waals surface area (Å²) < 4.78 is 0. The molecule has 0 spiro atoms. The van der Waals surface area contributed by atoms with E-state index in [0.29, 0.717) is 21.9 Å². The van der Waals surface area contributed by atoms with E-state index < -0.39 is 5.69 Å². The molecule has 2 N–H and O–H groups in total. The number of halogens is 1. The molecule has 3 aromatic rings. The van der Waals surface area contributed by atoms with Crippen molar-refractivity contribution in [2.45, 2.75) is 0 Å². The fourth-order valence-corrected chi connectivity index (χ4v) is 1.89. The van der Waals surface area contributed by atoms with Gasteiger partial charge in [0.25, 0.3) is 0 Å². The van der Waals surface area contributed by atoms with Crippen LogP contribution in [0.15, 0.2) is 35.3 Å². The van der Waals surface area contributed by atoms with E-state index in [-0.39, 0.29) is 0 Å². The maximum Gasteiger partial charge on any atom is 0.346 e. The number of rotatable bonds is 1. The Morgan fingerprint density at radius 1 is 1.24 bits per heavy atom.